The van der Waals surface area contributed by atoms with Gasteiger partial charge in [-0.05, 0) is 25.5 Å². The maximum Gasteiger partial charge on any atom is 0.247 e. The van der Waals surface area contributed by atoms with Crippen molar-refractivity contribution < 1.29 is 14.7 Å². The van der Waals surface area contributed by atoms with Crippen LogP contribution < -0.4 is 0 Å². The first-order valence-corrected chi connectivity index (χ1v) is 7.95. The van der Waals surface area contributed by atoms with E-state index in [4.69, 9.17) is 4.84 Å². The van der Waals surface area contributed by atoms with Crippen LogP contribution in [0.5, 0.6) is 0 Å². The number of hydrogen-bond donors (Lipinski definition) is 1. The normalized spacial score (nSPS) is 22.8. The lowest BCUT2D eigenvalue weighted by Crippen LogP contribution is -2.44. The van der Waals surface area contributed by atoms with Gasteiger partial charge in [0.1, 0.15) is 0 Å². The van der Waals surface area contributed by atoms with Crippen LogP contribution in [0.15, 0.2) is 42.5 Å². The van der Waals surface area contributed by atoms with Crippen LogP contribution in [0.25, 0.3) is 0 Å². The summed E-state index contributed by atoms with van der Waals surface area (Å²) in [6.07, 6.45) is 5.57. The second-order valence-electron chi connectivity index (χ2n) is 5.99. The molecule has 1 heterocycles. The average Bonchev–Trinajstić information content (AvgIpc) is 2.58. The minimum Gasteiger partial charge on any atom is -0.388 e. The topological polar surface area (TPSA) is 53.0 Å². The summed E-state index contributed by atoms with van der Waals surface area (Å²) < 4.78 is 0. The van der Waals surface area contributed by atoms with E-state index in [0.717, 1.165) is 12.0 Å². The molecule has 0 aliphatic carbocycles. The van der Waals surface area contributed by atoms with Crippen LogP contribution in [0.3, 0.4) is 0 Å². The number of aliphatic hydroxyl groups is 1. The molecule has 0 fully saturated rings. The van der Waals surface area contributed by atoms with E-state index < -0.39 is 6.10 Å². The van der Waals surface area contributed by atoms with Gasteiger partial charge in [-0.1, -0.05) is 42.5 Å². The molecule has 0 spiro atoms. The van der Waals surface area contributed by atoms with Gasteiger partial charge in [0.25, 0.3) is 0 Å². The molecule has 2 rings (SSSR count). The minimum absolute atomic E-state index is 0.0295. The van der Waals surface area contributed by atoms with Crippen LogP contribution in [-0.2, 0) is 9.63 Å². The molecule has 0 bridgehead atoms. The number of hydroxylamine groups is 2. The summed E-state index contributed by atoms with van der Waals surface area (Å²) in [7, 11) is 5.11. The Bertz CT molecular complexity index is 532. The zero-order valence-electron chi connectivity index (χ0n) is 14.1. The third kappa shape index (κ3) is 4.64. The van der Waals surface area contributed by atoms with E-state index in [2.05, 4.69) is 17.1 Å². The lowest BCUT2D eigenvalue weighted by atomic mass is 9.94. The van der Waals surface area contributed by atoms with Gasteiger partial charge in [0, 0.05) is 25.6 Å². The van der Waals surface area contributed by atoms with Crippen molar-refractivity contribution in [2.24, 2.45) is 0 Å². The van der Waals surface area contributed by atoms with Crippen molar-refractivity contribution in [2.45, 2.75) is 37.5 Å². The Kier molecular flexibility index (Phi) is 6.33. The number of rotatable bonds is 6. The SMILES string of the molecule is CON(C)C(=O)CC1C=CCC(C[C@H](O)c2ccccc2)N1C. The molecule has 0 saturated carbocycles. The van der Waals surface area contributed by atoms with E-state index in [-0.39, 0.29) is 18.0 Å². The summed E-state index contributed by atoms with van der Waals surface area (Å²) in [5, 5.41) is 11.7. The smallest absolute Gasteiger partial charge is 0.247 e. The van der Waals surface area contributed by atoms with Gasteiger partial charge in [-0.2, -0.15) is 0 Å². The largest absolute Gasteiger partial charge is 0.388 e. The maximum atomic E-state index is 12.0. The highest BCUT2D eigenvalue weighted by molar-refractivity contribution is 5.75. The van der Waals surface area contributed by atoms with E-state index >= 15 is 0 Å². The van der Waals surface area contributed by atoms with E-state index in [0.29, 0.717) is 12.8 Å². The number of benzene rings is 1. The first kappa shape index (κ1) is 17.7. The number of hydrogen-bond acceptors (Lipinski definition) is 4. The molecule has 0 aromatic heterocycles. The Balaban J connectivity index is 1.96. The van der Waals surface area contributed by atoms with Gasteiger partial charge >= 0.3 is 0 Å². The van der Waals surface area contributed by atoms with Crippen molar-refractivity contribution in [3.05, 3.63) is 48.0 Å². The Hall–Kier alpha value is -1.69. The first-order valence-electron chi connectivity index (χ1n) is 7.95. The van der Waals surface area contributed by atoms with Crippen molar-refractivity contribution >= 4 is 5.91 Å². The molecule has 1 aromatic rings. The van der Waals surface area contributed by atoms with Crippen LogP contribution >= 0.6 is 0 Å². The third-order valence-electron chi connectivity index (χ3n) is 4.55. The van der Waals surface area contributed by atoms with E-state index in [9.17, 15) is 9.90 Å². The number of amides is 1. The zero-order chi connectivity index (χ0) is 16.8. The third-order valence-corrected chi connectivity index (χ3v) is 4.55. The van der Waals surface area contributed by atoms with E-state index in [1.54, 1.807) is 7.05 Å². The summed E-state index contributed by atoms with van der Waals surface area (Å²) >= 11 is 0. The molecule has 5 heteroatoms. The van der Waals surface area contributed by atoms with Gasteiger partial charge in [0.2, 0.25) is 5.91 Å². The molecule has 1 N–H and O–H groups in total. The summed E-state index contributed by atoms with van der Waals surface area (Å²) in [4.78, 5) is 19.1. The Morgan fingerprint density at radius 1 is 1.43 bits per heavy atom. The molecule has 1 amide bonds. The Labute approximate surface area is 138 Å². The highest BCUT2D eigenvalue weighted by Gasteiger charge is 2.28. The molecule has 1 aromatic carbocycles. The second-order valence-corrected chi connectivity index (χ2v) is 5.99. The predicted octanol–water partition coefficient (Wildman–Crippen LogP) is 2.15. The summed E-state index contributed by atoms with van der Waals surface area (Å²) in [6, 6.07) is 9.94. The number of likely N-dealkylation sites (N-methyl/N-ethyl adjacent to an activating group) is 1. The monoisotopic (exact) mass is 318 g/mol. The molecule has 0 saturated heterocycles. The van der Waals surface area contributed by atoms with Crippen LogP contribution in [-0.4, -0.2) is 54.3 Å². The Morgan fingerprint density at radius 2 is 2.13 bits per heavy atom. The minimum atomic E-state index is -0.492. The van der Waals surface area contributed by atoms with Crippen LogP contribution in [0.1, 0.15) is 30.9 Å². The van der Waals surface area contributed by atoms with Crippen LogP contribution in [0.2, 0.25) is 0 Å². The van der Waals surface area contributed by atoms with Gasteiger partial charge in [-0.25, -0.2) is 5.06 Å². The molecule has 5 nitrogen and oxygen atoms in total. The van der Waals surface area contributed by atoms with Gasteiger partial charge in [0.15, 0.2) is 0 Å². The second kappa shape index (κ2) is 8.24. The van der Waals surface area contributed by atoms with Crippen molar-refractivity contribution in [3.63, 3.8) is 0 Å². The molecule has 3 atom stereocenters. The molecule has 1 aliphatic heterocycles. The zero-order valence-corrected chi connectivity index (χ0v) is 14.1. The standard InChI is InChI=1S/C18H26N2O3/c1-19-15(12-17(21)14-8-5-4-6-9-14)10-7-11-16(19)13-18(22)20(2)23-3/h4-9,11,15-17,21H,10,12-13H2,1-3H3/t15?,16?,17-/m0/s1. The summed E-state index contributed by atoms with van der Waals surface area (Å²) in [5.41, 5.74) is 0.933. The van der Waals surface area contributed by atoms with Gasteiger partial charge in [0.05, 0.1) is 13.2 Å². The number of carbonyl (C=O) groups is 1. The molecule has 0 radical (unpaired) electrons. The average molecular weight is 318 g/mol. The lowest BCUT2D eigenvalue weighted by molar-refractivity contribution is -0.169. The first-order chi connectivity index (χ1) is 11.0. The van der Waals surface area contributed by atoms with E-state index in [1.807, 2.05) is 37.4 Å². The van der Waals surface area contributed by atoms with E-state index in [1.165, 1.54) is 12.2 Å². The Morgan fingerprint density at radius 3 is 2.78 bits per heavy atom. The molecule has 126 valence electrons. The maximum absolute atomic E-state index is 12.0. The highest BCUT2D eigenvalue weighted by Crippen LogP contribution is 2.26. The predicted molar refractivity (Wildman–Crippen MR) is 89.5 cm³/mol. The lowest BCUT2D eigenvalue weighted by Gasteiger charge is -2.37. The number of aliphatic hydroxyl groups excluding tert-OH is 1. The fourth-order valence-corrected chi connectivity index (χ4v) is 2.92. The summed E-state index contributed by atoms with van der Waals surface area (Å²) in [5.74, 6) is -0.0572. The fraction of sp³-hybridized carbons (Fsp3) is 0.500. The quantitative estimate of drug-likeness (QED) is 0.645. The molecule has 2 unspecified atom stereocenters. The summed E-state index contributed by atoms with van der Waals surface area (Å²) in [6.45, 7) is 0. The van der Waals surface area contributed by atoms with Crippen LogP contribution in [0, 0.1) is 0 Å². The van der Waals surface area contributed by atoms with Crippen molar-refractivity contribution in [1.29, 1.82) is 0 Å². The van der Waals surface area contributed by atoms with Gasteiger partial charge < -0.3 is 5.11 Å². The fourth-order valence-electron chi connectivity index (χ4n) is 2.92. The highest BCUT2D eigenvalue weighted by atomic mass is 16.7. The van der Waals surface area contributed by atoms with Crippen molar-refractivity contribution in [3.8, 4) is 0 Å². The van der Waals surface area contributed by atoms with Gasteiger partial charge in [-0.3, -0.25) is 14.5 Å². The van der Waals surface area contributed by atoms with Gasteiger partial charge in [-0.15, -0.1) is 0 Å². The van der Waals surface area contributed by atoms with Crippen molar-refractivity contribution in [2.75, 3.05) is 21.2 Å². The van der Waals surface area contributed by atoms with Crippen LogP contribution in [0.4, 0.5) is 0 Å². The molecular weight excluding hydrogens is 292 g/mol. The number of nitrogens with zero attached hydrogens (tertiary/aromatic N) is 2. The molecule has 1 aliphatic rings. The molecule has 23 heavy (non-hydrogen) atoms. The number of carbonyl (C=O) groups excluding carboxylic acids is 1. The molecular formula is C18H26N2O3. The van der Waals surface area contributed by atoms with Crippen molar-refractivity contribution in [1.82, 2.24) is 9.96 Å².